The van der Waals surface area contributed by atoms with Gasteiger partial charge in [0.05, 0.1) is 12.2 Å². The third kappa shape index (κ3) is 7.02. The molecule has 0 aliphatic heterocycles. The van der Waals surface area contributed by atoms with Gasteiger partial charge in [-0.15, -0.1) is 0 Å². The van der Waals surface area contributed by atoms with E-state index in [0.29, 0.717) is 31.4 Å². The average molecular weight is 337 g/mol. The molecular weight excluding hydrogens is 306 g/mol. The molecule has 1 amide bonds. The van der Waals surface area contributed by atoms with Crippen LogP contribution in [0.15, 0.2) is 15.6 Å². The van der Waals surface area contributed by atoms with Crippen LogP contribution in [0.25, 0.3) is 0 Å². The zero-order valence-corrected chi connectivity index (χ0v) is 15.5. The van der Waals surface area contributed by atoms with Gasteiger partial charge in [0.2, 0.25) is 5.91 Å². The van der Waals surface area contributed by atoms with Crippen LogP contribution in [0.5, 0.6) is 0 Å². The van der Waals surface area contributed by atoms with Crippen LogP contribution in [-0.4, -0.2) is 36.7 Å². The van der Waals surface area contributed by atoms with Gasteiger partial charge in [-0.3, -0.25) is 9.79 Å². The Morgan fingerprint density at radius 3 is 2.58 bits per heavy atom. The van der Waals surface area contributed by atoms with Crippen LogP contribution in [0.3, 0.4) is 0 Å². The van der Waals surface area contributed by atoms with Gasteiger partial charge in [-0.1, -0.05) is 19.0 Å². The maximum absolute atomic E-state index is 11.6. The second kappa shape index (κ2) is 10.7. The minimum atomic E-state index is 0.0259. The van der Waals surface area contributed by atoms with Crippen molar-refractivity contribution in [3.63, 3.8) is 0 Å². The second-order valence-electron chi connectivity index (χ2n) is 6.06. The van der Waals surface area contributed by atoms with E-state index in [1.165, 1.54) is 0 Å². The van der Waals surface area contributed by atoms with Crippen LogP contribution in [0, 0.1) is 0 Å². The topological polar surface area (TPSA) is 91.5 Å². The Labute approximate surface area is 144 Å². The van der Waals surface area contributed by atoms with Gasteiger partial charge in [-0.2, -0.15) is 0 Å². The van der Waals surface area contributed by atoms with Gasteiger partial charge in [0.1, 0.15) is 0 Å². The van der Waals surface area contributed by atoms with Crippen LogP contribution in [0.4, 0.5) is 0 Å². The van der Waals surface area contributed by atoms with Crippen molar-refractivity contribution < 1.29 is 9.32 Å². The Bertz CT molecular complexity index is 521. The highest BCUT2D eigenvalue weighted by Gasteiger charge is 2.13. The van der Waals surface area contributed by atoms with Gasteiger partial charge in [-0.25, -0.2) is 0 Å². The zero-order valence-electron chi connectivity index (χ0n) is 15.5. The molecule has 7 heteroatoms. The van der Waals surface area contributed by atoms with Crippen LogP contribution >= 0.6 is 0 Å². The molecule has 0 fully saturated rings. The van der Waals surface area contributed by atoms with Gasteiger partial charge in [0.25, 0.3) is 0 Å². The van der Waals surface area contributed by atoms with Gasteiger partial charge < -0.3 is 20.5 Å². The molecule has 1 heterocycles. The molecule has 1 aromatic rings. The summed E-state index contributed by atoms with van der Waals surface area (Å²) in [5, 5.41) is 13.3. The highest BCUT2D eigenvalue weighted by Crippen LogP contribution is 2.22. The molecule has 0 radical (unpaired) electrons. The van der Waals surface area contributed by atoms with E-state index in [2.05, 4.69) is 39.9 Å². The van der Waals surface area contributed by atoms with E-state index >= 15 is 0 Å². The molecule has 0 bridgehead atoms. The number of amides is 1. The Morgan fingerprint density at radius 1 is 1.29 bits per heavy atom. The Balaban J connectivity index is 2.38. The number of nitrogens with one attached hydrogen (secondary N) is 3. The van der Waals surface area contributed by atoms with Crippen molar-refractivity contribution >= 4 is 11.9 Å². The number of aliphatic imine (C=N–C) groups is 1. The SMILES string of the molecule is CCC(CC)c1cc(CNC(=NC)NCCC(=O)NC(C)C)on1. The summed E-state index contributed by atoms with van der Waals surface area (Å²) in [6.07, 6.45) is 2.51. The maximum Gasteiger partial charge on any atom is 0.221 e. The van der Waals surface area contributed by atoms with Crippen LogP contribution in [0.1, 0.15) is 64.3 Å². The first kappa shape index (κ1) is 20.0. The molecule has 0 saturated heterocycles. The quantitative estimate of drug-likeness (QED) is 0.474. The number of rotatable bonds is 9. The summed E-state index contributed by atoms with van der Waals surface area (Å²) in [6, 6.07) is 2.15. The molecular formula is C17H31N5O2. The highest BCUT2D eigenvalue weighted by molar-refractivity contribution is 5.81. The fraction of sp³-hybridized carbons (Fsp3) is 0.706. The third-order valence-corrected chi connectivity index (χ3v) is 3.73. The lowest BCUT2D eigenvalue weighted by Gasteiger charge is -2.11. The summed E-state index contributed by atoms with van der Waals surface area (Å²) in [7, 11) is 1.69. The monoisotopic (exact) mass is 337 g/mol. The molecule has 0 spiro atoms. The number of nitrogens with zero attached hydrogens (tertiary/aromatic N) is 2. The average Bonchev–Trinajstić information content (AvgIpc) is 3.00. The van der Waals surface area contributed by atoms with Crippen molar-refractivity contribution in [1.82, 2.24) is 21.1 Å². The molecule has 24 heavy (non-hydrogen) atoms. The predicted octanol–water partition coefficient (Wildman–Crippen LogP) is 2.16. The van der Waals surface area contributed by atoms with Crippen molar-refractivity contribution in [2.24, 2.45) is 4.99 Å². The molecule has 0 saturated carbocycles. The van der Waals surface area contributed by atoms with Crippen molar-refractivity contribution in [2.75, 3.05) is 13.6 Å². The molecule has 0 atom stereocenters. The molecule has 1 rings (SSSR count). The summed E-state index contributed by atoms with van der Waals surface area (Å²) in [4.78, 5) is 15.7. The molecule has 7 nitrogen and oxygen atoms in total. The normalized spacial score (nSPS) is 11.9. The number of carbonyl (C=O) groups excluding carboxylic acids is 1. The molecule has 136 valence electrons. The van der Waals surface area contributed by atoms with Gasteiger partial charge in [0, 0.05) is 38.0 Å². The summed E-state index contributed by atoms with van der Waals surface area (Å²) in [6.45, 7) is 9.22. The molecule has 3 N–H and O–H groups in total. The van der Waals surface area contributed by atoms with Crippen LogP contribution in [0.2, 0.25) is 0 Å². The fourth-order valence-corrected chi connectivity index (χ4v) is 2.39. The number of aromatic nitrogens is 1. The van der Waals surface area contributed by atoms with Gasteiger partial charge >= 0.3 is 0 Å². The highest BCUT2D eigenvalue weighted by atomic mass is 16.5. The lowest BCUT2D eigenvalue weighted by Crippen LogP contribution is -2.39. The Morgan fingerprint density at radius 2 is 2.00 bits per heavy atom. The fourth-order valence-electron chi connectivity index (χ4n) is 2.39. The van der Waals surface area contributed by atoms with Gasteiger partial charge in [0.15, 0.2) is 11.7 Å². The number of hydrogen-bond donors (Lipinski definition) is 3. The Hall–Kier alpha value is -2.05. The summed E-state index contributed by atoms with van der Waals surface area (Å²) in [5.74, 6) is 1.88. The first-order valence-electron chi connectivity index (χ1n) is 8.69. The van der Waals surface area contributed by atoms with Crippen molar-refractivity contribution in [3.8, 4) is 0 Å². The lowest BCUT2D eigenvalue weighted by atomic mass is 9.99. The van der Waals surface area contributed by atoms with E-state index in [9.17, 15) is 4.79 Å². The second-order valence-corrected chi connectivity index (χ2v) is 6.06. The van der Waals surface area contributed by atoms with E-state index in [1.807, 2.05) is 19.9 Å². The third-order valence-electron chi connectivity index (χ3n) is 3.73. The predicted molar refractivity (Wildman–Crippen MR) is 95.9 cm³/mol. The molecule has 0 unspecified atom stereocenters. The van der Waals surface area contributed by atoms with E-state index in [4.69, 9.17) is 4.52 Å². The first-order chi connectivity index (χ1) is 11.5. The number of guanidine groups is 1. The van der Waals surface area contributed by atoms with E-state index in [-0.39, 0.29) is 11.9 Å². The summed E-state index contributed by atoms with van der Waals surface area (Å²) in [5.41, 5.74) is 1.00. The van der Waals surface area contributed by atoms with Crippen LogP contribution < -0.4 is 16.0 Å². The smallest absolute Gasteiger partial charge is 0.221 e. The molecule has 0 aliphatic carbocycles. The zero-order chi connectivity index (χ0) is 17.9. The van der Waals surface area contributed by atoms with Crippen molar-refractivity contribution in [2.45, 2.75) is 65.5 Å². The maximum atomic E-state index is 11.6. The minimum Gasteiger partial charge on any atom is -0.359 e. The minimum absolute atomic E-state index is 0.0259. The molecule has 0 aliphatic rings. The lowest BCUT2D eigenvalue weighted by molar-refractivity contribution is -0.121. The molecule has 1 aromatic heterocycles. The van der Waals surface area contributed by atoms with Crippen LogP contribution in [-0.2, 0) is 11.3 Å². The van der Waals surface area contributed by atoms with E-state index in [1.54, 1.807) is 7.05 Å². The summed E-state index contributed by atoms with van der Waals surface area (Å²) >= 11 is 0. The van der Waals surface area contributed by atoms with Crippen molar-refractivity contribution in [1.29, 1.82) is 0 Å². The van der Waals surface area contributed by atoms with E-state index < -0.39 is 0 Å². The molecule has 0 aromatic carbocycles. The van der Waals surface area contributed by atoms with Crippen molar-refractivity contribution in [3.05, 3.63) is 17.5 Å². The Kier molecular flexibility index (Phi) is 8.89. The summed E-state index contributed by atoms with van der Waals surface area (Å²) < 4.78 is 5.37. The standard InChI is InChI=1S/C17H31N5O2/c1-6-13(7-2)15-10-14(24-22-15)11-20-17(18-5)19-9-8-16(23)21-12(3)4/h10,12-13H,6-9,11H2,1-5H3,(H,21,23)(H2,18,19,20). The number of carbonyl (C=O) groups is 1. The van der Waals surface area contributed by atoms with Gasteiger partial charge in [-0.05, 0) is 26.7 Å². The largest absolute Gasteiger partial charge is 0.359 e. The first-order valence-corrected chi connectivity index (χ1v) is 8.69. The number of hydrogen-bond acceptors (Lipinski definition) is 4. The van der Waals surface area contributed by atoms with E-state index in [0.717, 1.165) is 24.3 Å².